The van der Waals surface area contributed by atoms with Crippen LogP contribution in [0, 0.1) is 0 Å². The molecule has 41 heavy (non-hydrogen) atoms. The minimum Gasteiger partial charge on any atom is -0.363 e. The summed E-state index contributed by atoms with van der Waals surface area (Å²) in [5, 5.41) is 3.07. The van der Waals surface area contributed by atoms with Crippen molar-refractivity contribution >= 4 is 50.7 Å². The van der Waals surface area contributed by atoms with Gasteiger partial charge in [-0.2, -0.15) is 8.42 Å². The number of sulfonamides is 1. The Morgan fingerprint density at radius 3 is 2.27 bits per heavy atom. The number of hydrogen-bond acceptors (Lipinski definition) is 6. The molecule has 0 fully saturated rings. The first kappa shape index (κ1) is 29.9. The SMILES string of the molecule is CN(CCc1ccncc1)C(=O)CNC(=O)c1ccc(S(=O)(=O)N(Oc2ccc(Cl)cc2Cl)c2ccccc2)cc1. The Morgan fingerprint density at radius 1 is 0.927 bits per heavy atom. The molecule has 12 heteroatoms. The summed E-state index contributed by atoms with van der Waals surface area (Å²) in [4.78, 5) is 36.3. The number of likely N-dealkylation sites (N-methyl/N-ethyl adjacent to an activating group) is 1. The van der Waals surface area contributed by atoms with Crippen LogP contribution in [-0.4, -0.2) is 50.3 Å². The monoisotopic (exact) mass is 612 g/mol. The van der Waals surface area contributed by atoms with Gasteiger partial charge in [-0.05, 0) is 78.7 Å². The predicted octanol–water partition coefficient (Wildman–Crippen LogP) is 5.01. The lowest BCUT2D eigenvalue weighted by atomic mass is 10.2. The van der Waals surface area contributed by atoms with Crippen LogP contribution in [0.3, 0.4) is 0 Å². The number of anilines is 1. The normalized spacial score (nSPS) is 11.0. The summed E-state index contributed by atoms with van der Waals surface area (Å²) in [6, 6.07) is 21.7. The third-order valence-electron chi connectivity index (χ3n) is 5.99. The summed E-state index contributed by atoms with van der Waals surface area (Å²) in [5.74, 6) is -0.702. The minimum absolute atomic E-state index is 0.0786. The van der Waals surface area contributed by atoms with E-state index in [-0.39, 0.29) is 39.4 Å². The quantitative estimate of drug-likeness (QED) is 0.239. The zero-order valence-electron chi connectivity index (χ0n) is 21.9. The summed E-state index contributed by atoms with van der Waals surface area (Å²) < 4.78 is 28.0. The Morgan fingerprint density at radius 2 is 1.61 bits per heavy atom. The van der Waals surface area contributed by atoms with Crippen molar-refractivity contribution < 1.29 is 22.8 Å². The van der Waals surface area contributed by atoms with Crippen molar-refractivity contribution in [1.82, 2.24) is 15.2 Å². The number of benzene rings is 3. The fourth-order valence-electron chi connectivity index (χ4n) is 3.67. The molecule has 1 N–H and O–H groups in total. The highest BCUT2D eigenvalue weighted by molar-refractivity contribution is 7.92. The molecule has 0 saturated heterocycles. The van der Waals surface area contributed by atoms with Crippen molar-refractivity contribution in [3.05, 3.63) is 118 Å². The number of nitrogens with zero attached hydrogens (tertiary/aromatic N) is 3. The Kier molecular flexibility index (Phi) is 9.82. The molecule has 1 heterocycles. The van der Waals surface area contributed by atoms with Crippen LogP contribution in [0.25, 0.3) is 0 Å². The molecule has 0 aliphatic carbocycles. The first-order valence-electron chi connectivity index (χ1n) is 12.4. The van der Waals surface area contributed by atoms with E-state index in [4.69, 9.17) is 28.0 Å². The van der Waals surface area contributed by atoms with Crippen LogP contribution >= 0.6 is 23.2 Å². The van der Waals surface area contributed by atoms with E-state index >= 15 is 0 Å². The number of hydrogen-bond donors (Lipinski definition) is 1. The van der Waals surface area contributed by atoms with Gasteiger partial charge >= 0.3 is 0 Å². The van der Waals surface area contributed by atoms with Crippen LogP contribution in [0.2, 0.25) is 10.0 Å². The fourth-order valence-corrected chi connectivity index (χ4v) is 5.36. The maximum absolute atomic E-state index is 13.6. The Labute approximate surface area is 248 Å². The summed E-state index contributed by atoms with van der Waals surface area (Å²) in [5.41, 5.74) is 1.46. The third-order valence-corrected chi connectivity index (χ3v) is 8.11. The van der Waals surface area contributed by atoms with E-state index in [1.807, 2.05) is 12.1 Å². The van der Waals surface area contributed by atoms with E-state index in [1.165, 1.54) is 47.4 Å². The van der Waals surface area contributed by atoms with Crippen molar-refractivity contribution in [2.75, 3.05) is 24.6 Å². The molecule has 9 nitrogen and oxygen atoms in total. The van der Waals surface area contributed by atoms with Gasteiger partial charge in [0.1, 0.15) is 0 Å². The van der Waals surface area contributed by atoms with Crippen molar-refractivity contribution in [2.45, 2.75) is 11.3 Å². The molecule has 0 radical (unpaired) electrons. The molecule has 0 bridgehead atoms. The average molecular weight is 614 g/mol. The number of para-hydroxylation sites is 1. The number of halogens is 2. The maximum Gasteiger partial charge on any atom is 0.295 e. The number of pyridine rings is 1. The molecule has 2 amide bonds. The highest BCUT2D eigenvalue weighted by Crippen LogP contribution is 2.32. The van der Waals surface area contributed by atoms with Crippen molar-refractivity contribution in [3.8, 4) is 5.75 Å². The van der Waals surface area contributed by atoms with Crippen LogP contribution in [0.5, 0.6) is 5.75 Å². The maximum atomic E-state index is 13.6. The second-order valence-electron chi connectivity index (χ2n) is 8.86. The van der Waals surface area contributed by atoms with E-state index in [0.29, 0.717) is 18.0 Å². The smallest absolute Gasteiger partial charge is 0.295 e. The number of carbonyl (C=O) groups is 2. The first-order chi connectivity index (χ1) is 19.6. The van der Waals surface area contributed by atoms with Crippen LogP contribution in [0.1, 0.15) is 15.9 Å². The Balaban J connectivity index is 1.43. The molecule has 0 atom stereocenters. The Hall–Kier alpha value is -4.12. The topological polar surface area (TPSA) is 109 Å². The number of amides is 2. The van der Waals surface area contributed by atoms with Gasteiger partial charge in [-0.15, -0.1) is 0 Å². The van der Waals surface area contributed by atoms with E-state index < -0.39 is 15.9 Å². The van der Waals surface area contributed by atoms with E-state index in [9.17, 15) is 18.0 Å². The lowest BCUT2D eigenvalue weighted by molar-refractivity contribution is -0.128. The van der Waals surface area contributed by atoms with Crippen molar-refractivity contribution in [2.24, 2.45) is 0 Å². The third kappa shape index (κ3) is 7.75. The van der Waals surface area contributed by atoms with Crippen LogP contribution < -0.4 is 14.6 Å². The van der Waals surface area contributed by atoms with Gasteiger partial charge < -0.3 is 15.1 Å². The van der Waals surface area contributed by atoms with Gasteiger partial charge in [0.25, 0.3) is 15.9 Å². The highest BCUT2D eigenvalue weighted by Gasteiger charge is 2.28. The molecular formula is C29H26Cl2N4O5S. The molecule has 4 aromatic rings. The number of nitrogens with one attached hydrogen (secondary N) is 1. The molecule has 4 rings (SSSR count). The first-order valence-corrected chi connectivity index (χ1v) is 14.6. The fraction of sp³-hybridized carbons (Fsp3) is 0.138. The molecular weight excluding hydrogens is 587 g/mol. The lowest BCUT2D eigenvalue weighted by Gasteiger charge is -2.24. The van der Waals surface area contributed by atoms with Gasteiger partial charge in [0.15, 0.2) is 5.75 Å². The summed E-state index contributed by atoms with van der Waals surface area (Å²) in [6.45, 7) is 0.274. The van der Waals surface area contributed by atoms with E-state index in [2.05, 4.69) is 10.3 Å². The zero-order valence-corrected chi connectivity index (χ0v) is 24.2. The molecule has 0 saturated carbocycles. The predicted molar refractivity (Wildman–Crippen MR) is 158 cm³/mol. The van der Waals surface area contributed by atoms with Gasteiger partial charge in [-0.25, -0.2) is 0 Å². The van der Waals surface area contributed by atoms with Crippen molar-refractivity contribution in [1.29, 1.82) is 0 Å². The molecule has 3 aromatic carbocycles. The van der Waals surface area contributed by atoms with Crippen LogP contribution in [0.4, 0.5) is 5.69 Å². The number of rotatable bonds is 11. The van der Waals surface area contributed by atoms with Gasteiger partial charge in [-0.1, -0.05) is 45.9 Å². The zero-order chi connectivity index (χ0) is 29.4. The molecule has 1 aromatic heterocycles. The Bertz CT molecular complexity index is 1610. The van der Waals surface area contributed by atoms with Gasteiger partial charge in [0.2, 0.25) is 5.91 Å². The van der Waals surface area contributed by atoms with Crippen LogP contribution in [-0.2, 0) is 21.2 Å². The second kappa shape index (κ2) is 13.5. The summed E-state index contributed by atoms with van der Waals surface area (Å²) in [6.07, 6.45) is 4.04. The molecule has 0 spiro atoms. The largest absolute Gasteiger partial charge is 0.363 e. The van der Waals surface area contributed by atoms with Crippen LogP contribution in [0.15, 0.2) is 102 Å². The standard InChI is InChI=1S/C29H26Cl2N4O5S/c1-34(18-15-21-13-16-32-17-14-21)28(36)20-33-29(37)22-7-10-25(11-8-22)41(38,39)35(24-5-3-2-4-6-24)40-27-12-9-23(30)19-26(27)31/h2-14,16-17,19H,15,18,20H2,1H3,(H,33,37). The minimum atomic E-state index is -4.26. The lowest BCUT2D eigenvalue weighted by Crippen LogP contribution is -2.39. The summed E-state index contributed by atoms with van der Waals surface area (Å²) >= 11 is 12.2. The number of carbonyl (C=O) groups excluding carboxylic acids is 2. The highest BCUT2D eigenvalue weighted by atomic mass is 35.5. The van der Waals surface area contributed by atoms with Crippen molar-refractivity contribution in [3.63, 3.8) is 0 Å². The van der Waals surface area contributed by atoms with E-state index in [0.717, 1.165) is 10.0 Å². The molecule has 212 valence electrons. The van der Waals surface area contributed by atoms with Gasteiger partial charge in [-0.3, -0.25) is 14.6 Å². The van der Waals surface area contributed by atoms with Gasteiger partial charge in [0.05, 0.1) is 22.2 Å². The molecule has 0 unspecified atom stereocenters. The average Bonchev–Trinajstić information content (AvgIpc) is 2.99. The van der Waals surface area contributed by atoms with Gasteiger partial charge in [0, 0.05) is 36.6 Å². The number of aromatic nitrogens is 1. The molecule has 0 aliphatic rings. The van der Waals surface area contributed by atoms with E-state index in [1.54, 1.807) is 49.8 Å². The summed E-state index contributed by atoms with van der Waals surface area (Å²) in [7, 11) is -2.60. The molecule has 0 aliphatic heterocycles. The second-order valence-corrected chi connectivity index (χ2v) is 11.5.